The molecule has 0 heterocycles. The third-order valence-corrected chi connectivity index (χ3v) is 5.04. The van der Waals surface area contributed by atoms with Gasteiger partial charge in [-0.1, -0.05) is 32.1 Å². The third-order valence-electron chi connectivity index (χ3n) is 4.37. The number of hydrogen-bond donors (Lipinski definition) is 0. The van der Waals surface area contributed by atoms with Crippen molar-refractivity contribution in [2.45, 2.75) is 27.4 Å². The normalized spacial score (nSPS) is 22.4. The largest absolute Gasteiger partial charge is 0.466 e. The maximum atomic E-state index is 12.3. The highest BCUT2D eigenvalue weighted by Gasteiger charge is 2.61. The molecule has 0 radical (unpaired) electrons. The van der Waals surface area contributed by atoms with Crippen LogP contribution in [0.15, 0.2) is 35.9 Å². The fraction of sp³-hybridized carbons (Fsp3) is 0.444. The molecule has 0 aliphatic heterocycles. The number of methoxy groups -OCH3 is 1. The number of halogens is 1. The van der Waals surface area contributed by atoms with Gasteiger partial charge in [0.2, 0.25) is 0 Å². The Morgan fingerprint density at radius 3 is 2.65 bits per heavy atom. The van der Waals surface area contributed by atoms with Crippen molar-refractivity contribution >= 4 is 34.5 Å². The Labute approximate surface area is 150 Å². The zero-order valence-corrected chi connectivity index (χ0v) is 15.9. The van der Waals surface area contributed by atoms with Gasteiger partial charge < -0.3 is 9.47 Å². The molecular formula is C18H21IO4. The first-order valence-electron chi connectivity index (χ1n) is 7.45. The molecule has 0 aromatic heterocycles. The molecule has 1 aromatic carbocycles. The summed E-state index contributed by atoms with van der Waals surface area (Å²) < 4.78 is 11.3. The molecule has 5 heteroatoms. The van der Waals surface area contributed by atoms with Gasteiger partial charge in [-0.05, 0) is 58.5 Å². The Hall–Kier alpha value is -1.37. The van der Waals surface area contributed by atoms with Crippen LogP contribution in [0, 0.1) is 20.8 Å². The lowest BCUT2D eigenvalue weighted by Crippen LogP contribution is -2.10. The van der Waals surface area contributed by atoms with Crippen LogP contribution in [0.1, 0.15) is 26.3 Å². The maximum absolute atomic E-state index is 12.3. The van der Waals surface area contributed by atoms with Gasteiger partial charge in [-0.15, -0.1) is 0 Å². The van der Waals surface area contributed by atoms with Crippen molar-refractivity contribution < 1.29 is 19.1 Å². The number of esters is 2. The summed E-state index contributed by atoms with van der Waals surface area (Å²) in [6, 6.07) is 7.86. The van der Waals surface area contributed by atoms with Crippen molar-refractivity contribution in [1.29, 1.82) is 0 Å². The molecule has 0 amide bonds. The Balaban J connectivity index is 1.98. The predicted octanol–water partition coefficient (Wildman–Crippen LogP) is 3.73. The summed E-state index contributed by atoms with van der Waals surface area (Å²) in [5, 5.41) is 0. The highest BCUT2D eigenvalue weighted by Crippen LogP contribution is 2.59. The first-order chi connectivity index (χ1) is 10.8. The lowest BCUT2D eigenvalue weighted by Gasteiger charge is -2.06. The zero-order valence-electron chi connectivity index (χ0n) is 13.8. The van der Waals surface area contributed by atoms with Crippen molar-refractivity contribution in [3.63, 3.8) is 0 Å². The highest BCUT2D eigenvalue weighted by atomic mass is 127. The molecular weight excluding hydrogens is 407 g/mol. The molecule has 124 valence electrons. The number of carbonyl (C=O) groups is 2. The topological polar surface area (TPSA) is 52.6 Å². The molecule has 1 aromatic rings. The standard InChI is InChI=1S/C18H21IO4/c1-11(16(20)22-4)8-14-15(18(14,2)3)17(21)23-10-12-6-5-7-13(19)9-12/h5-9,14-15H,10H2,1-4H3/b11-8+/t14-,15+/m1/s1. The summed E-state index contributed by atoms with van der Waals surface area (Å²) in [5.41, 5.74) is 1.30. The molecule has 1 saturated carbocycles. The first-order valence-corrected chi connectivity index (χ1v) is 8.53. The van der Waals surface area contributed by atoms with Crippen LogP contribution < -0.4 is 0 Å². The molecule has 1 fully saturated rings. The minimum absolute atomic E-state index is 0.00464. The predicted molar refractivity (Wildman–Crippen MR) is 95.5 cm³/mol. The van der Waals surface area contributed by atoms with E-state index in [1.807, 2.05) is 44.2 Å². The molecule has 0 unspecified atom stereocenters. The Morgan fingerprint density at radius 2 is 2.04 bits per heavy atom. The van der Waals surface area contributed by atoms with Gasteiger partial charge in [-0.2, -0.15) is 0 Å². The Morgan fingerprint density at radius 1 is 1.35 bits per heavy atom. The number of ether oxygens (including phenoxy) is 2. The molecule has 2 rings (SSSR count). The number of rotatable bonds is 5. The van der Waals surface area contributed by atoms with Gasteiger partial charge in [0, 0.05) is 9.14 Å². The molecule has 1 aliphatic rings. The van der Waals surface area contributed by atoms with Crippen LogP contribution in [0.4, 0.5) is 0 Å². The van der Waals surface area contributed by atoms with Crippen LogP contribution in [0.2, 0.25) is 0 Å². The van der Waals surface area contributed by atoms with Crippen molar-refractivity contribution in [2.75, 3.05) is 7.11 Å². The molecule has 2 atom stereocenters. The minimum Gasteiger partial charge on any atom is -0.466 e. The van der Waals surface area contributed by atoms with Crippen molar-refractivity contribution in [2.24, 2.45) is 17.3 Å². The molecule has 4 nitrogen and oxygen atoms in total. The van der Waals surface area contributed by atoms with E-state index < -0.39 is 0 Å². The summed E-state index contributed by atoms with van der Waals surface area (Å²) in [4.78, 5) is 23.8. The molecule has 23 heavy (non-hydrogen) atoms. The van der Waals surface area contributed by atoms with E-state index in [4.69, 9.17) is 9.47 Å². The molecule has 0 spiro atoms. The van der Waals surface area contributed by atoms with Gasteiger partial charge in [0.1, 0.15) is 6.61 Å². The highest BCUT2D eigenvalue weighted by molar-refractivity contribution is 14.1. The van der Waals surface area contributed by atoms with E-state index in [0.717, 1.165) is 9.13 Å². The van der Waals surface area contributed by atoms with Gasteiger partial charge in [0.15, 0.2) is 0 Å². The van der Waals surface area contributed by atoms with E-state index in [1.54, 1.807) is 6.92 Å². The van der Waals surface area contributed by atoms with Crippen molar-refractivity contribution in [1.82, 2.24) is 0 Å². The van der Waals surface area contributed by atoms with Crippen LogP contribution in [-0.4, -0.2) is 19.0 Å². The Bertz CT molecular complexity index is 648. The van der Waals surface area contributed by atoms with Crippen molar-refractivity contribution in [3.05, 3.63) is 45.0 Å². The molecule has 0 N–H and O–H groups in total. The summed E-state index contributed by atoms with van der Waals surface area (Å²) in [6.45, 7) is 6.00. The van der Waals surface area contributed by atoms with E-state index in [0.29, 0.717) is 5.57 Å². The zero-order chi connectivity index (χ0) is 17.2. The van der Waals surface area contributed by atoms with Crippen LogP contribution in [0.3, 0.4) is 0 Å². The van der Waals surface area contributed by atoms with E-state index in [1.165, 1.54) is 7.11 Å². The summed E-state index contributed by atoms with van der Waals surface area (Å²) in [5.74, 6) is -0.790. The summed E-state index contributed by atoms with van der Waals surface area (Å²) in [7, 11) is 1.35. The second-order valence-corrected chi connectivity index (χ2v) is 7.65. The van der Waals surface area contributed by atoms with E-state index in [2.05, 4.69) is 22.6 Å². The van der Waals surface area contributed by atoms with Crippen LogP contribution >= 0.6 is 22.6 Å². The fourth-order valence-corrected chi connectivity index (χ4v) is 3.42. The van der Waals surface area contributed by atoms with Crippen LogP contribution in [0.5, 0.6) is 0 Å². The number of allylic oxidation sites excluding steroid dienone is 1. The summed E-state index contributed by atoms with van der Waals surface area (Å²) in [6.07, 6.45) is 1.82. The average Bonchev–Trinajstić information content (AvgIpc) is 3.04. The second-order valence-electron chi connectivity index (χ2n) is 6.40. The monoisotopic (exact) mass is 428 g/mol. The lowest BCUT2D eigenvalue weighted by molar-refractivity contribution is -0.147. The van der Waals surface area contributed by atoms with Gasteiger partial charge >= 0.3 is 11.9 Å². The maximum Gasteiger partial charge on any atom is 0.333 e. The van der Waals surface area contributed by atoms with Crippen LogP contribution in [0.25, 0.3) is 0 Å². The SMILES string of the molecule is COC(=O)/C(C)=C/[C@@H]1[C@@H](C(=O)OCc2cccc(I)c2)C1(C)C. The smallest absolute Gasteiger partial charge is 0.333 e. The van der Waals surface area contributed by atoms with Gasteiger partial charge in [-0.25, -0.2) is 4.79 Å². The molecule has 0 bridgehead atoms. The Kier molecular flexibility index (Phi) is 5.49. The molecule has 1 aliphatic carbocycles. The number of hydrogen-bond acceptors (Lipinski definition) is 4. The fourth-order valence-electron chi connectivity index (χ4n) is 2.81. The van der Waals surface area contributed by atoms with E-state index in [-0.39, 0.29) is 35.8 Å². The van der Waals surface area contributed by atoms with E-state index >= 15 is 0 Å². The van der Waals surface area contributed by atoms with Gasteiger partial charge in [0.05, 0.1) is 13.0 Å². The van der Waals surface area contributed by atoms with Crippen LogP contribution in [-0.2, 0) is 25.7 Å². The van der Waals surface area contributed by atoms with Crippen molar-refractivity contribution in [3.8, 4) is 0 Å². The summed E-state index contributed by atoms with van der Waals surface area (Å²) >= 11 is 2.23. The third kappa shape index (κ3) is 4.13. The van der Waals surface area contributed by atoms with Gasteiger partial charge in [-0.3, -0.25) is 4.79 Å². The average molecular weight is 428 g/mol. The van der Waals surface area contributed by atoms with Gasteiger partial charge in [0.25, 0.3) is 0 Å². The first kappa shape index (κ1) is 18.0. The molecule has 0 saturated heterocycles. The van der Waals surface area contributed by atoms with E-state index in [9.17, 15) is 9.59 Å². The minimum atomic E-state index is -0.362. The second kappa shape index (κ2) is 7.03. The lowest BCUT2D eigenvalue weighted by atomic mass is 10.1. The number of benzene rings is 1. The quantitative estimate of drug-likeness (QED) is 0.408. The number of carbonyl (C=O) groups excluding carboxylic acids is 2.